The second kappa shape index (κ2) is 11.6. The quantitative estimate of drug-likeness (QED) is 0.315. The van der Waals surface area contributed by atoms with E-state index in [2.05, 4.69) is 31.8 Å². The van der Waals surface area contributed by atoms with Crippen molar-refractivity contribution >= 4 is 28.2 Å². The van der Waals surface area contributed by atoms with Crippen molar-refractivity contribution in [1.29, 1.82) is 0 Å². The fourth-order valence-corrected chi connectivity index (χ4v) is 3.70. The van der Waals surface area contributed by atoms with Gasteiger partial charge in [-0.15, -0.1) is 0 Å². The van der Waals surface area contributed by atoms with Crippen LogP contribution in [0.2, 0.25) is 0 Å². The van der Waals surface area contributed by atoms with Crippen LogP contribution in [0, 0.1) is 6.92 Å². The molecule has 0 atom stereocenters. The van der Waals surface area contributed by atoms with Crippen LogP contribution in [-0.4, -0.2) is 31.5 Å². The van der Waals surface area contributed by atoms with E-state index in [1.807, 2.05) is 49.4 Å². The van der Waals surface area contributed by atoms with Gasteiger partial charge in [-0.2, -0.15) is 5.10 Å². The summed E-state index contributed by atoms with van der Waals surface area (Å²) in [5, 5.41) is 7.04. The molecule has 0 aliphatic heterocycles. The molecule has 0 saturated heterocycles. The molecule has 2 aromatic rings. The topological polar surface area (TPSA) is 72.0 Å². The summed E-state index contributed by atoms with van der Waals surface area (Å²) in [6, 6.07) is 13.5. The van der Waals surface area contributed by atoms with Gasteiger partial charge >= 0.3 is 6.03 Å². The molecule has 7 heteroatoms. The molecule has 1 aliphatic rings. The maximum absolute atomic E-state index is 12.0. The van der Waals surface area contributed by atoms with Gasteiger partial charge in [-0.1, -0.05) is 52.9 Å². The Bertz CT molecular complexity index is 849. The first-order valence-corrected chi connectivity index (χ1v) is 11.1. The Morgan fingerprint density at radius 1 is 1.10 bits per heavy atom. The molecule has 30 heavy (non-hydrogen) atoms. The molecule has 0 unspecified atom stereocenters. The molecule has 2 N–H and O–H groups in total. The number of hydrogen-bond acceptors (Lipinski definition) is 4. The van der Waals surface area contributed by atoms with E-state index in [1.54, 1.807) is 6.21 Å². The first kappa shape index (κ1) is 22.2. The standard InChI is InChI=1S/C23H28BrN3O3/c1-17-7-10-21(11-8-17)29-13-14-30-22-12-9-19(24)15-18(22)16-25-27-23(28)26-20-5-3-2-4-6-20/h7-12,15-16,20H,2-6,13-14H2,1H3,(H2,26,27,28). The van der Waals surface area contributed by atoms with E-state index in [0.29, 0.717) is 19.0 Å². The molecule has 0 radical (unpaired) electrons. The van der Waals surface area contributed by atoms with E-state index in [0.717, 1.165) is 28.6 Å². The van der Waals surface area contributed by atoms with Crippen LogP contribution in [0.4, 0.5) is 4.79 Å². The predicted octanol–water partition coefficient (Wildman–Crippen LogP) is 5.18. The summed E-state index contributed by atoms with van der Waals surface area (Å²) in [6.45, 7) is 2.86. The monoisotopic (exact) mass is 473 g/mol. The maximum atomic E-state index is 12.0. The minimum Gasteiger partial charge on any atom is -0.490 e. The molecule has 1 saturated carbocycles. The third kappa shape index (κ3) is 7.37. The molecule has 1 fully saturated rings. The van der Waals surface area contributed by atoms with Crippen LogP contribution >= 0.6 is 15.9 Å². The largest absolute Gasteiger partial charge is 0.490 e. The second-order valence-corrected chi connectivity index (χ2v) is 8.29. The summed E-state index contributed by atoms with van der Waals surface area (Å²) in [5.41, 5.74) is 4.50. The van der Waals surface area contributed by atoms with Crippen LogP contribution in [0.25, 0.3) is 0 Å². The number of aryl methyl sites for hydroxylation is 1. The minimum atomic E-state index is -0.276. The highest BCUT2D eigenvalue weighted by Crippen LogP contribution is 2.22. The third-order valence-corrected chi connectivity index (χ3v) is 5.41. The van der Waals surface area contributed by atoms with Crippen LogP contribution in [0.5, 0.6) is 11.5 Å². The minimum absolute atomic E-state index is 0.243. The molecule has 160 valence electrons. The smallest absolute Gasteiger partial charge is 0.335 e. The predicted molar refractivity (Wildman–Crippen MR) is 122 cm³/mol. The highest BCUT2D eigenvalue weighted by Gasteiger charge is 2.15. The van der Waals surface area contributed by atoms with E-state index < -0.39 is 0 Å². The number of halogens is 1. The Kier molecular flexibility index (Phi) is 8.56. The number of benzene rings is 2. The van der Waals surface area contributed by atoms with Gasteiger partial charge in [-0.25, -0.2) is 10.2 Å². The zero-order valence-electron chi connectivity index (χ0n) is 17.2. The van der Waals surface area contributed by atoms with Gasteiger partial charge in [0.05, 0.1) is 6.21 Å². The SMILES string of the molecule is Cc1ccc(OCCOc2ccc(Br)cc2C=NNC(=O)NC2CCCCC2)cc1. The van der Waals surface area contributed by atoms with Gasteiger partial charge in [0.15, 0.2) is 0 Å². The second-order valence-electron chi connectivity index (χ2n) is 7.37. The van der Waals surface area contributed by atoms with Crippen LogP contribution in [0.3, 0.4) is 0 Å². The van der Waals surface area contributed by atoms with Crippen molar-refractivity contribution in [3.05, 3.63) is 58.1 Å². The van der Waals surface area contributed by atoms with Gasteiger partial charge in [-0.05, 0) is 50.1 Å². The summed E-state index contributed by atoms with van der Waals surface area (Å²) >= 11 is 3.46. The molecule has 0 bridgehead atoms. The number of amides is 2. The Labute approximate surface area is 186 Å². The fraction of sp³-hybridized carbons (Fsp3) is 0.391. The van der Waals surface area contributed by atoms with E-state index in [-0.39, 0.29) is 12.1 Å². The van der Waals surface area contributed by atoms with Crippen LogP contribution in [-0.2, 0) is 0 Å². The zero-order chi connectivity index (χ0) is 21.2. The Morgan fingerprint density at radius 2 is 1.83 bits per heavy atom. The lowest BCUT2D eigenvalue weighted by Crippen LogP contribution is -2.41. The number of carbonyl (C=O) groups is 1. The molecular weight excluding hydrogens is 446 g/mol. The number of ether oxygens (including phenoxy) is 2. The van der Waals surface area contributed by atoms with Crippen molar-refractivity contribution in [2.75, 3.05) is 13.2 Å². The third-order valence-electron chi connectivity index (χ3n) is 4.91. The average Bonchev–Trinajstić information content (AvgIpc) is 2.74. The summed E-state index contributed by atoms with van der Waals surface area (Å²) in [7, 11) is 0. The van der Waals surface area contributed by atoms with Gasteiger partial charge < -0.3 is 14.8 Å². The Hall–Kier alpha value is -2.54. The van der Waals surface area contributed by atoms with Gasteiger partial charge in [0, 0.05) is 16.1 Å². The first-order chi connectivity index (χ1) is 14.6. The molecule has 0 aromatic heterocycles. The number of carbonyl (C=O) groups excluding carboxylic acids is 1. The number of rotatable bonds is 8. The number of nitrogens with zero attached hydrogens (tertiary/aromatic N) is 1. The first-order valence-electron chi connectivity index (χ1n) is 10.3. The number of hydrazone groups is 1. The van der Waals surface area contributed by atoms with Crippen molar-refractivity contribution in [2.24, 2.45) is 5.10 Å². The van der Waals surface area contributed by atoms with Crippen molar-refractivity contribution in [1.82, 2.24) is 10.7 Å². The number of hydrogen-bond donors (Lipinski definition) is 2. The zero-order valence-corrected chi connectivity index (χ0v) is 18.8. The molecular formula is C23H28BrN3O3. The van der Waals surface area contributed by atoms with Gasteiger partial charge in [0.25, 0.3) is 0 Å². The van der Waals surface area contributed by atoms with Crippen molar-refractivity contribution in [3.63, 3.8) is 0 Å². The highest BCUT2D eigenvalue weighted by molar-refractivity contribution is 9.10. The van der Waals surface area contributed by atoms with Gasteiger partial charge in [-0.3, -0.25) is 0 Å². The van der Waals surface area contributed by atoms with E-state index in [9.17, 15) is 4.79 Å². The van der Waals surface area contributed by atoms with E-state index >= 15 is 0 Å². The maximum Gasteiger partial charge on any atom is 0.335 e. The van der Waals surface area contributed by atoms with Gasteiger partial charge in [0.1, 0.15) is 24.7 Å². The molecule has 6 nitrogen and oxygen atoms in total. The summed E-state index contributed by atoms with van der Waals surface area (Å²) in [5.74, 6) is 1.49. The van der Waals surface area contributed by atoms with Crippen molar-refractivity contribution in [3.8, 4) is 11.5 Å². The highest BCUT2D eigenvalue weighted by atomic mass is 79.9. The lowest BCUT2D eigenvalue weighted by atomic mass is 9.96. The average molecular weight is 474 g/mol. The fourth-order valence-electron chi connectivity index (χ4n) is 3.32. The lowest BCUT2D eigenvalue weighted by molar-refractivity contribution is 0.217. The number of urea groups is 1. The summed E-state index contributed by atoms with van der Waals surface area (Å²) in [6.07, 6.45) is 7.24. The molecule has 1 aliphatic carbocycles. The molecule has 0 spiro atoms. The molecule has 0 heterocycles. The molecule has 2 amide bonds. The van der Waals surface area contributed by atoms with E-state index in [4.69, 9.17) is 9.47 Å². The van der Waals surface area contributed by atoms with Crippen molar-refractivity contribution < 1.29 is 14.3 Å². The molecule has 3 rings (SSSR count). The van der Waals surface area contributed by atoms with Gasteiger partial charge in [0.2, 0.25) is 0 Å². The Morgan fingerprint density at radius 3 is 2.60 bits per heavy atom. The van der Waals surface area contributed by atoms with Crippen molar-refractivity contribution in [2.45, 2.75) is 45.1 Å². The summed E-state index contributed by atoms with van der Waals surface area (Å²) < 4.78 is 12.5. The van der Waals surface area contributed by atoms with Crippen LogP contribution < -0.4 is 20.2 Å². The normalized spacial score (nSPS) is 14.5. The van der Waals surface area contributed by atoms with Crippen LogP contribution in [0.1, 0.15) is 43.2 Å². The lowest BCUT2D eigenvalue weighted by Gasteiger charge is -2.22. The summed E-state index contributed by atoms with van der Waals surface area (Å²) in [4.78, 5) is 12.0. The number of nitrogens with one attached hydrogen (secondary N) is 2. The van der Waals surface area contributed by atoms with Crippen LogP contribution in [0.15, 0.2) is 52.0 Å². The molecule has 2 aromatic carbocycles. The Balaban J connectivity index is 1.48. The van der Waals surface area contributed by atoms with E-state index in [1.165, 1.54) is 24.8 Å².